The first-order chi connectivity index (χ1) is 3.38. The van der Waals surface area contributed by atoms with Crippen molar-refractivity contribution in [3.63, 3.8) is 0 Å². The Bertz CT molecular complexity index is 72.0. The number of hydrogen-bond acceptors (Lipinski definition) is 0. The van der Waals surface area contributed by atoms with Crippen molar-refractivity contribution >= 4 is 0 Å². The standard InChI is InChI=1S/C7H12/c1-5-6-2-3-7(5)4-6/h5-7H,2-4H2,1H3/t5?,6-,7?/m1/s1. The van der Waals surface area contributed by atoms with Gasteiger partial charge in [0, 0.05) is 0 Å². The molecule has 0 amide bonds. The zero-order chi connectivity index (χ0) is 4.85. The molecule has 0 aromatic heterocycles. The van der Waals surface area contributed by atoms with Gasteiger partial charge in [0.25, 0.3) is 0 Å². The van der Waals surface area contributed by atoms with Crippen LogP contribution in [-0.2, 0) is 0 Å². The summed E-state index contributed by atoms with van der Waals surface area (Å²) in [5.74, 6) is 3.43. The van der Waals surface area contributed by atoms with E-state index in [9.17, 15) is 0 Å². The Morgan fingerprint density at radius 3 is 1.86 bits per heavy atom. The molecule has 0 spiro atoms. The van der Waals surface area contributed by atoms with Gasteiger partial charge in [0.15, 0.2) is 0 Å². The smallest absolute Gasteiger partial charge is 0.0383 e. The molecule has 40 valence electrons. The van der Waals surface area contributed by atoms with E-state index in [1.165, 1.54) is 0 Å². The lowest BCUT2D eigenvalue weighted by Crippen LogP contribution is -2.24. The van der Waals surface area contributed by atoms with E-state index < -0.39 is 0 Å². The lowest BCUT2D eigenvalue weighted by Gasteiger charge is -2.31. The fourth-order valence-electron chi connectivity index (χ4n) is 2.20. The summed E-state index contributed by atoms with van der Waals surface area (Å²) in [6.07, 6.45) is 4.67. The summed E-state index contributed by atoms with van der Waals surface area (Å²) in [6, 6.07) is 0. The molecule has 0 radical (unpaired) electrons. The zero-order valence-corrected chi connectivity index (χ0v) is 4.85. The largest absolute Gasteiger partial charge is 0.0620 e. The second kappa shape index (κ2) is 1.04. The summed E-state index contributed by atoms with van der Waals surface area (Å²) in [4.78, 5) is 0. The summed E-state index contributed by atoms with van der Waals surface area (Å²) in [5.41, 5.74) is 0. The predicted molar refractivity (Wildman–Crippen MR) is 30.0 cm³/mol. The van der Waals surface area contributed by atoms with E-state index in [0.717, 1.165) is 17.8 Å². The minimum atomic E-state index is 1.11. The van der Waals surface area contributed by atoms with Crippen LogP contribution >= 0.6 is 0 Å². The summed E-state index contributed by atoms with van der Waals surface area (Å²) in [5, 5.41) is 0. The number of rotatable bonds is 0. The first-order valence-electron chi connectivity index (χ1n) is 3.38. The van der Waals surface area contributed by atoms with E-state index in [1.54, 1.807) is 19.3 Å². The summed E-state index contributed by atoms with van der Waals surface area (Å²) < 4.78 is 0. The van der Waals surface area contributed by atoms with Crippen LogP contribution in [0.25, 0.3) is 0 Å². The molecule has 3 fully saturated rings. The van der Waals surface area contributed by atoms with Crippen molar-refractivity contribution in [1.29, 1.82) is 0 Å². The van der Waals surface area contributed by atoms with E-state index >= 15 is 0 Å². The maximum absolute atomic E-state index is 2.41. The van der Waals surface area contributed by atoms with E-state index in [-0.39, 0.29) is 0 Å². The van der Waals surface area contributed by atoms with Gasteiger partial charge in [-0.3, -0.25) is 0 Å². The first kappa shape index (κ1) is 3.94. The van der Waals surface area contributed by atoms with Crippen LogP contribution in [0.4, 0.5) is 0 Å². The van der Waals surface area contributed by atoms with Crippen LogP contribution in [0.3, 0.4) is 0 Å². The molecule has 0 aromatic rings. The van der Waals surface area contributed by atoms with Gasteiger partial charge in [-0.15, -0.1) is 0 Å². The molecule has 3 atom stereocenters. The Morgan fingerprint density at radius 1 is 1.14 bits per heavy atom. The summed E-state index contributed by atoms with van der Waals surface area (Å²) >= 11 is 0. The fourth-order valence-corrected chi connectivity index (χ4v) is 2.20. The van der Waals surface area contributed by atoms with Gasteiger partial charge < -0.3 is 0 Å². The van der Waals surface area contributed by atoms with Crippen LogP contribution < -0.4 is 0 Å². The van der Waals surface area contributed by atoms with Crippen LogP contribution in [0.2, 0.25) is 0 Å². The molecule has 0 saturated heterocycles. The second-order valence-corrected chi connectivity index (χ2v) is 3.19. The van der Waals surface area contributed by atoms with Crippen LogP contribution in [0.1, 0.15) is 26.2 Å². The third-order valence-electron chi connectivity index (χ3n) is 3.00. The molecule has 0 N–H and O–H groups in total. The van der Waals surface area contributed by atoms with E-state index in [1.807, 2.05) is 0 Å². The lowest BCUT2D eigenvalue weighted by atomic mass is 9.74. The highest BCUT2D eigenvalue weighted by Gasteiger charge is 2.43. The molecule has 2 bridgehead atoms. The Hall–Kier alpha value is 0. The highest BCUT2D eigenvalue weighted by Crippen LogP contribution is 2.52. The quantitative estimate of drug-likeness (QED) is 0.433. The molecule has 3 aliphatic rings. The highest BCUT2D eigenvalue weighted by atomic mass is 14.5. The van der Waals surface area contributed by atoms with Gasteiger partial charge in [0.1, 0.15) is 0 Å². The van der Waals surface area contributed by atoms with Gasteiger partial charge in [0.2, 0.25) is 0 Å². The van der Waals surface area contributed by atoms with Gasteiger partial charge in [-0.05, 0) is 37.0 Å². The van der Waals surface area contributed by atoms with Crippen LogP contribution in [0.5, 0.6) is 0 Å². The van der Waals surface area contributed by atoms with E-state index in [2.05, 4.69) is 6.92 Å². The Morgan fingerprint density at radius 2 is 1.71 bits per heavy atom. The van der Waals surface area contributed by atoms with Crippen LogP contribution in [0.15, 0.2) is 0 Å². The van der Waals surface area contributed by atoms with Crippen molar-refractivity contribution in [3.8, 4) is 0 Å². The predicted octanol–water partition coefficient (Wildman–Crippen LogP) is 2.05. The minimum Gasteiger partial charge on any atom is -0.0620 e. The van der Waals surface area contributed by atoms with Crippen molar-refractivity contribution in [2.45, 2.75) is 26.2 Å². The maximum atomic E-state index is 2.41. The molecule has 0 aromatic carbocycles. The third-order valence-corrected chi connectivity index (χ3v) is 3.00. The van der Waals surface area contributed by atoms with Gasteiger partial charge in [-0.25, -0.2) is 0 Å². The molecule has 0 nitrogen and oxygen atoms in total. The van der Waals surface area contributed by atoms with Crippen molar-refractivity contribution in [1.82, 2.24) is 0 Å². The maximum Gasteiger partial charge on any atom is -0.0383 e. The minimum absolute atomic E-state index is 1.11. The number of hydrogen-bond donors (Lipinski definition) is 0. The van der Waals surface area contributed by atoms with E-state index in [0.29, 0.717) is 0 Å². The molecule has 3 rings (SSSR count). The van der Waals surface area contributed by atoms with Crippen molar-refractivity contribution < 1.29 is 0 Å². The molecule has 3 saturated carbocycles. The summed E-state index contributed by atoms with van der Waals surface area (Å²) in [7, 11) is 0. The molecule has 3 aliphatic carbocycles. The average molecular weight is 96.2 g/mol. The molecular formula is C7H12. The highest BCUT2D eigenvalue weighted by molar-refractivity contribution is 4.93. The van der Waals surface area contributed by atoms with Crippen molar-refractivity contribution in [2.75, 3.05) is 0 Å². The number of fused-ring (bicyclic) bond motifs is 1. The molecule has 0 heteroatoms. The van der Waals surface area contributed by atoms with Gasteiger partial charge in [-0.2, -0.15) is 0 Å². The van der Waals surface area contributed by atoms with Gasteiger partial charge in [-0.1, -0.05) is 6.92 Å². The fraction of sp³-hybridized carbons (Fsp3) is 1.00. The lowest BCUT2D eigenvalue weighted by molar-refractivity contribution is 0.178. The van der Waals surface area contributed by atoms with Crippen molar-refractivity contribution in [2.24, 2.45) is 17.8 Å². The molecule has 7 heavy (non-hydrogen) atoms. The van der Waals surface area contributed by atoms with Gasteiger partial charge >= 0.3 is 0 Å². The topological polar surface area (TPSA) is 0 Å². The second-order valence-electron chi connectivity index (χ2n) is 3.19. The monoisotopic (exact) mass is 96.1 g/mol. The summed E-state index contributed by atoms with van der Waals surface area (Å²) in [6.45, 7) is 2.41. The molecule has 2 unspecified atom stereocenters. The Labute approximate surface area is 44.9 Å². The SMILES string of the molecule is CC1C2CC[C@@H]1C2. The van der Waals surface area contributed by atoms with Crippen molar-refractivity contribution in [3.05, 3.63) is 0 Å². The van der Waals surface area contributed by atoms with Gasteiger partial charge in [0.05, 0.1) is 0 Å². The average Bonchev–Trinajstić information content (AvgIpc) is 2.18. The third kappa shape index (κ3) is 0.332. The normalized spacial score (nSPS) is 57.0. The van der Waals surface area contributed by atoms with Crippen LogP contribution in [-0.4, -0.2) is 0 Å². The zero-order valence-electron chi connectivity index (χ0n) is 4.85. The Balaban J connectivity index is 2.14. The Kier molecular flexibility index (Phi) is 0.586. The van der Waals surface area contributed by atoms with E-state index in [4.69, 9.17) is 0 Å². The first-order valence-corrected chi connectivity index (χ1v) is 3.38. The molecular weight excluding hydrogens is 84.1 g/mol. The van der Waals surface area contributed by atoms with Crippen LogP contribution in [0, 0.1) is 17.8 Å². The molecule has 0 aliphatic heterocycles. The molecule has 0 heterocycles.